The van der Waals surface area contributed by atoms with Gasteiger partial charge >= 0.3 is 0 Å². The van der Waals surface area contributed by atoms with Gasteiger partial charge in [-0.15, -0.1) is 23.1 Å². The van der Waals surface area contributed by atoms with Gasteiger partial charge in [0.2, 0.25) is 0 Å². The lowest BCUT2D eigenvalue weighted by atomic mass is 10.0. The van der Waals surface area contributed by atoms with Crippen LogP contribution in [0.15, 0.2) is 63.8 Å². The first-order chi connectivity index (χ1) is 13.2. The molecule has 3 aromatic rings. The molecule has 2 aromatic carbocycles. The molecule has 2 heterocycles. The predicted molar refractivity (Wildman–Crippen MR) is 115 cm³/mol. The first kappa shape index (κ1) is 18.4. The maximum atomic E-state index is 6.72. The van der Waals surface area contributed by atoms with Crippen LogP contribution < -0.4 is 9.47 Å². The third-order valence-electron chi connectivity index (χ3n) is 4.44. The third kappa shape index (κ3) is 3.59. The second-order valence-corrected chi connectivity index (χ2v) is 8.59. The zero-order chi connectivity index (χ0) is 18.8. The fraction of sp³-hybridized carbons (Fsp3) is 0.190. The Morgan fingerprint density at radius 2 is 1.89 bits per heavy atom. The van der Waals surface area contributed by atoms with E-state index in [1.165, 1.54) is 4.88 Å². The average Bonchev–Trinajstić information content (AvgIpc) is 3.15. The molecule has 6 heteroatoms. The van der Waals surface area contributed by atoms with E-state index in [2.05, 4.69) is 29.6 Å². The zero-order valence-electron chi connectivity index (χ0n) is 14.9. The molecule has 27 heavy (non-hydrogen) atoms. The molecule has 0 saturated heterocycles. The van der Waals surface area contributed by atoms with Crippen LogP contribution >= 0.6 is 34.7 Å². The van der Waals surface area contributed by atoms with Crippen molar-refractivity contribution in [3.63, 3.8) is 0 Å². The smallest absolute Gasteiger partial charge is 0.179 e. The number of methoxy groups -OCH3 is 2. The summed E-state index contributed by atoms with van der Waals surface area (Å²) in [6, 6.07) is 16.4. The van der Waals surface area contributed by atoms with Crippen LogP contribution in [0.3, 0.4) is 0 Å². The maximum absolute atomic E-state index is 6.72. The highest BCUT2D eigenvalue weighted by atomic mass is 35.5. The van der Waals surface area contributed by atoms with Gasteiger partial charge in [-0.1, -0.05) is 35.9 Å². The Morgan fingerprint density at radius 1 is 1.04 bits per heavy atom. The number of ether oxygens (including phenoxy) is 2. The molecule has 1 atom stereocenters. The molecule has 4 rings (SSSR count). The fourth-order valence-corrected chi connectivity index (χ4v) is 5.55. The Kier molecular flexibility index (Phi) is 5.43. The van der Waals surface area contributed by atoms with Crippen molar-refractivity contribution in [3.05, 3.63) is 69.4 Å². The highest BCUT2D eigenvalue weighted by molar-refractivity contribution is 7.99. The van der Waals surface area contributed by atoms with Crippen molar-refractivity contribution in [1.82, 2.24) is 0 Å². The van der Waals surface area contributed by atoms with Gasteiger partial charge < -0.3 is 9.47 Å². The summed E-state index contributed by atoms with van der Waals surface area (Å²) in [6.45, 7) is 0. The maximum Gasteiger partial charge on any atom is 0.179 e. The van der Waals surface area contributed by atoms with E-state index >= 15 is 0 Å². The average molecular weight is 416 g/mol. The number of hydrogen-bond acceptors (Lipinski definition) is 5. The van der Waals surface area contributed by atoms with Gasteiger partial charge in [-0.05, 0) is 35.2 Å². The van der Waals surface area contributed by atoms with E-state index in [1.54, 1.807) is 37.3 Å². The van der Waals surface area contributed by atoms with Crippen LogP contribution in [0, 0.1) is 0 Å². The van der Waals surface area contributed by atoms with Crippen LogP contribution in [-0.4, -0.2) is 19.9 Å². The zero-order valence-corrected chi connectivity index (χ0v) is 17.3. The molecule has 0 N–H and O–H groups in total. The van der Waals surface area contributed by atoms with E-state index < -0.39 is 0 Å². The second-order valence-electron chi connectivity index (χ2n) is 6.02. The van der Waals surface area contributed by atoms with Crippen LogP contribution in [-0.2, 0) is 0 Å². The summed E-state index contributed by atoms with van der Waals surface area (Å²) in [5, 5.41) is 2.81. The van der Waals surface area contributed by atoms with Crippen molar-refractivity contribution in [1.29, 1.82) is 0 Å². The van der Waals surface area contributed by atoms with Gasteiger partial charge in [-0.3, -0.25) is 4.99 Å². The lowest BCUT2D eigenvalue weighted by Crippen LogP contribution is -2.05. The Balaban J connectivity index is 1.82. The summed E-state index contributed by atoms with van der Waals surface area (Å²) in [4.78, 5) is 7.31. The van der Waals surface area contributed by atoms with E-state index in [0.29, 0.717) is 16.5 Å². The SMILES string of the molecule is COc1ccc([C@H]2CC(c3cccs3)=Nc3ccccc3S2)c(Cl)c1OC. The monoisotopic (exact) mass is 415 g/mol. The number of hydrogen-bond donors (Lipinski definition) is 0. The summed E-state index contributed by atoms with van der Waals surface area (Å²) in [6.07, 6.45) is 0.787. The van der Waals surface area contributed by atoms with Crippen molar-refractivity contribution < 1.29 is 9.47 Å². The fourth-order valence-electron chi connectivity index (χ4n) is 3.14. The first-order valence-corrected chi connectivity index (χ1v) is 10.6. The number of aliphatic imine (C=N–C) groups is 1. The van der Waals surface area contributed by atoms with E-state index in [0.717, 1.165) is 28.3 Å². The molecule has 1 aliphatic rings. The summed E-state index contributed by atoms with van der Waals surface area (Å²) >= 11 is 10.2. The number of fused-ring (bicyclic) bond motifs is 1. The molecule has 0 radical (unpaired) electrons. The summed E-state index contributed by atoms with van der Waals surface area (Å²) in [5.74, 6) is 1.21. The van der Waals surface area contributed by atoms with Crippen LogP contribution in [0.4, 0.5) is 5.69 Å². The van der Waals surface area contributed by atoms with E-state index in [9.17, 15) is 0 Å². The van der Waals surface area contributed by atoms with Crippen molar-refractivity contribution >= 4 is 46.1 Å². The number of benzene rings is 2. The van der Waals surface area contributed by atoms with Gasteiger partial charge in [-0.2, -0.15) is 0 Å². The minimum atomic E-state index is 0.127. The lowest BCUT2D eigenvalue weighted by Gasteiger charge is -2.20. The Hall–Kier alpha value is -1.95. The molecular weight excluding hydrogens is 398 g/mol. The first-order valence-electron chi connectivity index (χ1n) is 8.48. The largest absolute Gasteiger partial charge is 0.493 e. The van der Waals surface area contributed by atoms with Crippen molar-refractivity contribution in [2.45, 2.75) is 16.6 Å². The predicted octanol–water partition coefficient (Wildman–Crippen LogP) is 6.78. The molecule has 0 bridgehead atoms. The topological polar surface area (TPSA) is 30.8 Å². The molecule has 0 spiro atoms. The number of thioether (sulfide) groups is 1. The summed E-state index contributed by atoms with van der Waals surface area (Å²) < 4.78 is 10.9. The number of nitrogens with zero attached hydrogens (tertiary/aromatic N) is 1. The Labute approximate surface area is 172 Å². The van der Waals surface area contributed by atoms with Crippen LogP contribution in [0.5, 0.6) is 11.5 Å². The molecule has 0 aliphatic carbocycles. The molecule has 138 valence electrons. The highest BCUT2D eigenvalue weighted by Crippen LogP contribution is 2.50. The van der Waals surface area contributed by atoms with E-state index in [-0.39, 0.29) is 5.25 Å². The Bertz CT molecular complexity index is 986. The molecule has 0 fully saturated rings. The number of para-hydroxylation sites is 1. The molecule has 0 saturated carbocycles. The van der Waals surface area contributed by atoms with Crippen molar-refractivity contribution in [3.8, 4) is 11.5 Å². The molecule has 1 aliphatic heterocycles. The normalized spacial score (nSPS) is 16.3. The van der Waals surface area contributed by atoms with Gasteiger partial charge in [0.25, 0.3) is 0 Å². The summed E-state index contributed by atoms with van der Waals surface area (Å²) in [7, 11) is 3.23. The summed E-state index contributed by atoms with van der Waals surface area (Å²) in [5.41, 5.74) is 3.11. The van der Waals surface area contributed by atoms with Gasteiger partial charge in [0.1, 0.15) is 0 Å². The number of thiophene rings is 1. The van der Waals surface area contributed by atoms with Crippen molar-refractivity contribution in [2.24, 2.45) is 4.99 Å². The van der Waals surface area contributed by atoms with Crippen LogP contribution in [0.1, 0.15) is 22.1 Å². The minimum Gasteiger partial charge on any atom is -0.493 e. The highest BCUT2D eigenvalue weighted by Gasteiger charge is 2.26. The third-order valence-corrected chi connectivity index (χ3v) is 7.05. The van der Waals surface area contributed by atoms with Gasteiger partial charge in [-0.25, -0.2) is 0 Å². The standard InChI is InChI=1S/C21H18ClNO2S2/c1-24-16-10-9-13(20(22)21(16)25-2)19-12-15(17-8-5-11-26-17)23-14-6-3-4-7-18(14)27-19/h3-11,19H,12H2,1-2H3/t19-/m1/s1. The van der Waals surface area contributed by atoms with Gasteiger partial charge in [0.15, 0.2) is 11.5 Å². The molecular formula is C21H18ClNO2S2. The van der Waals surface area contributed by atoms with E-state index in [4.69, 9.17) is 26.1 Å². The second kappa shape index (κ2) is 7.97. The quantitative estimate of drug-likeness (QED) is 0.470. The molecule has 3 nitrogen and oxygen atoms in total. The van der Waals surface area contributed by atoms with E-state index in [1.807, 2.05) is 24.3 Å². The molecule has 1 aromatic heterocycles. The Morgan fingerprint density at radius 3 is 2.63 bits per heavy atom. The minimum absolute atomic E-state index is 0.127. The van der Waals surface area contributed by atoms with Crippen molar-refractivity contribution in [2.75, 3.05) is 14.2 Å². The van der Waals surface area contributed by atoms with Crippen LogP contribution in [0.2, 0.25) is 5.02 Å². The number of halogens is 1. The van der Waals surface area contributed by atoms with Gasteiger partial charge in [0.05, 0.1) is 30.6 Å². The van der Waals surface area contributed by atoms with Gasteiger partial charge in [0, 0.05) is 21.4 Å². The van der Waals surface area contributed by atoms with Crippen LogP contribution in [0.25, 0.3) is 0 Å². The molecule has 0 unspecified atom stereocenters. The number of rotatable bonds is 4. The lowest BCUT2D eigenvalue weighted by molar-refractivity contribution is 0.354. The molecule has 0 amide bonds.